The molecule has 0 aliphatic heterocycles. The molecule has 0 amide bonds. The zero-order valence-electron chi connectivity index (χ0n) is 11.5. The summed E-state index contributed by atoms with van der Waals surface area (Å²) in [5.74, 6) is 0.249. The molecule has 17 heavy (non-hydrogen) atoms. The van der Waals surface area contributed by atoms with Gasteiger partial charge in [-0.15, -0.1) is 0 Å². The summed E-state index contributed by atoms with van der Waals surface area (Å²) in [5, 5.41) is 3.19. The van der Waals surface area contributed by atoms with Gasteiger partial charge in [-0.25, -0.2) is 13.1 Å². The summed E-state index contributed by atoms with van der Waals surface area (Å²) in [5.41, 5.74) is 0. The van der Waals surface area contributed by atoms with Crippen molar-refractivity contribution in [2.24, 2.45) is 0 Å². The van der Waals surface area contributed by atoms with Gasteiger partial charge >= 0.3 is 0 Å². The number of sulfonamides is 1. The fourth-order valence-corrected chi connectivity index (χ4v) is 3.22. The third-order valence-electron chi connectivity index (χ3n) is 2.74. The van der Waals surface area contributed by atoms with E-state index in [1.165, 1.54) is 0 Å². The van der Waals surface area contributed by atoms with Crippen LogP contribution in [0.5, 0.6) is 0 Å². The number of hydrogen-bond donors (Lipinski definition) is 2. The van der Waals surface area contributed by atoms with Crippen molar-refractivity contribution < 1.29 is 8.42 Å². The second-order valence-corrected chi connectivity index (χ2v) is 6.26. The van der Waals surface area contributed by atoms with Crippen LogP contribution in [0.4, 0.5) is 0 Å². The van der Waals surface area contributed by atoms with Crippen molar-refractivity contribution in [2.45, 2.75) is 58.9 Å². The minimum Gasteiger partial charge on any atom is -0.317 e. The molecule has 5 heteroatoms. The summed E-state index contributed by atoms with van der Waals surface area (Å²) >= 11 is 0. The van der Waals surface area contributed by atoms with Gasteiger partial charge in [0.25, 0.3) is 0 Å². The van der Waals surface area contributed by atoms with Gasteiger partial charge in [0.1, 0.15) is 0 Å². The number of hydrogen-bond acceptors (Lipinski definition) is 3. The molecule has 1 atom stereocenters. The van der Waals surface area contributed by atoms with Gasteiger partial charge in [0, 0.05) is 6.04 Å². The van der Waals surface area contributed by atoms with Crippen molar-refractivity contribution in [3.63, 3.8) is 0 Å². The Morgan fingerprint density at radius 2 is 1.82 bits per heavy atom. The maximum atomic E-state index is 11.8. The molecule has 1 unspecified atom stereocenters. The SMILES string of the molecule is CCCC(CC)NS(=O)(=O)CCCCNCC. The van der Waals surface area contributed by atoms with E-state index in [4.69, 9.17) is 0 Å². The van der Waals surface area contributed by atoms with Crippen molar-refractivity contribution in [2.75, 3.05) is 18.8 Å². The van der Waals surface area contributed by atoms with Crippen LogP contribution in [0.15, 0.2) is 0 Å². The first-order valence-corrected chi connectivity index (χ1v) is 8.41. The number of nitrogens with one attached hydrogen (secondary N) is 2. The monoisotopic (exact) mass is 264 g/mol. The molecule has 0 rings (SSSR count). The van der Waals surface area contributed by atoms with Crippen LogP contribution in [0.2, 0.25) is 0 Å². The lowest BCUT2D eigenvalue weighted by Gasteiger charge is -2.16. The fraction of sp³-hybridized carbons (Fsp3) is 1.00. The lowest BCUT2D eigenvalue weighted by atomic mass is 10.1. The molecule has 0 heterocycles. The summed E-state index contributed by atoms with van der Waals surface area (Å²) in [6, 6.07) is 0.110. The largest absolute Gasteiger partial charge is 0.317 e. The highest BCUT2D eigenvalue weighted by atomic mass is 32.2. The smallest absolute Gasteiger partial charge is 0.211 e. The van der Waals surface area contributed by atoms with E-state index < -0.39 is 10.0 Å². The van der Waals surface area contributed by atoms with Crippen LogP contribution in [-0.2, 0) is 10.0 Å². The zero-order chi connectivity index (χ0) is 13.1. The van der Waals surface area contributed by atoms with Gasteiger partial charge < -0.3 is 5.32 Å². The van der Waals surface area contributed by atoms with E-state index in [2.05, 4.69) is 23.9 Å². The molecule has 0 saturated carbocycles. The number of rotatable bonds is 11. The van der Waals surface area contributed by atoms with E-state index in [9.17, 15) is 8.42 Å². The zero-order valence-corrected chi connectivity index (χ0v) is 12.3. The molecule has 0 aromatic heterocycles. The Hall–Kier alpha value is -0.130. The average Bonchev–Trinajstić information content (AvgIpc) is 2.28. The fourth-order valence-electron chi connectivity index (χ4n) is 1.73. The van der Waals surface area contributed by atoms with Crippen LogP contribution in [-0.4, -0.2) is 33.3 Å². The third-order valence-corrected chi connectivity index (χ3v) is 4.26. The Balaban J connectivity index is 3.85. The molecule has 0 radical (unpaired) electrons. The first kappa shape index (κ1) is 16.9. The van der Waals surface area contributed by atoms with Gasteiger partial charge in [0.2, 0.25) is 10.0 Å². The van der Waals surface area contributed by atoms with Gasteiger partial charge in [-0.3, -0.25) is 0 Å². The Morgan fingerprint density at radius 3 is 2.35 bits per heavy atom. The maximum absolute atomic E-state index is 11.8. The molecular weight excluding hydrogens is 236 g/mol. The first-order valence-electron chi connectivity index (χ1n) is 6.76. The molecule has 2 N–H and O–H groups in total. The molecular formula is C12H28N2O2S. The molecule has 0 aromatic rings. The van der Waals surface area contributed by atoms with Crippen molar-refractivity contribution in [3.8, 4) is 0 Å². The van der Waals surface area contributed by atoms with Gasteiger partial charge in [-0.05, 0) is 38.8 Å². The quantitative estimate of drug-likeness (QED) is 0.560. The first-order chi connectivity index (χ1) is 8.05. The van der Waals surface area contributed by atoms with E-state index in [0.29, 0.717) is 0 Å². The maximum Gasteiger partial charge on any atom is 0.211 e. The molecule has 4 nitrogen and oxygen atoms in total. The van der Waals surface area contributed by atoms with Crippen LogP contribution < -0.4 is 10.0 Å². The summed E-state index contributed by atoms with van der Waals surface area (Å²) in [7, 11) is -3.08. The third kappa shape index (κ3) is 9.56. The average molecular weight is 264 g/mol. The highest BCUT2D eigenvalue weighted by molar-refractivity contribution is 7.89. The summed E-state index contributed by atoms with van der Waals surface area (Å²) in [6.07, 6.45) is 4.45. The van der Waals surface area contributed by atoms with Crippen molar-refractivity contribution in [1.82, 2.24) is 10.0 Å². The Labute approximate surface area is 107 Å². The highest BCUT2D eigenvalue weighted by Crippen LogP contribution is 2.04. The van der Waals surface area contributed by atoms with E-state index in [1.54, 1.807) is 0 Å². The minimum atomic E-state index is -3.08. The van der Waals surface area contributed by atoms with E-state index in [0.717, 1.165) is 45.2 Å². The number of unbranched alkanes of at least 4 members (excludes halogenated alkanes) is 1. The van der Waals surface area contributed by atoms with E-state index in [-0.39, 0.29) is 11.8 Å². The lowest BCUT2D eigenvalue weighted by molar-refractivity contribution is 0.510. The summed E-state index contributed by atoms with van der Waals surface area (Å²) in [6.45, 7) is 7.99. The van der Waals surface area contributed by atoms with Crippen molar-refractivity contribution in [1.29, 1.82) is 0 Å². The van der Waals surface area contributed by atoms with Crippen LogP contribution in [0, 0.1) is 0 Å². The second-order valence-electron chi connectivity index (χ2n) is 4.39. The predicted octanol–water partition coefficient (Wildman–Crippen LogP) is 1.87. The molecule has 0 aliphatic carbocycles. The van der Waals surface area contributed by atoms with E-state index >= 15 is 0 Å². The van der Waals surface area contributed by atoms with Crippen LogP contribution in [0.1, 0.15) is 52.9 Å². The molecule has 0 fully saturated rings. The van der Waals surface area contributed by atoms with Gasteiger partial charge in [-0.2, -0.15) is 0 Å². The molecule has 0 aliphatic rings. The van der Waals surface area contributed by atoms with Crippen LogP contribution >= 0.6 is 0 Å². The van der Waals surface area contributed by atoms with Crippen LogP contribution in [0.3, 0.4) is 0 Å². The molecule has 0 spiro atoms. The van der Waals surface area contributed by atoms with Crippen molar-refractivity contribution >= 4 is 10.0 Å². The standard InChI is InChI=1S/C12H28N2O2S/c1-4-9-12(5-2)14-17(15,16)11-8-7-10-13-6-3/h12-14H,4-11H2,1-3H3. The molecule has 0 saturated heterocycles. The molecule has 0 aromatic carbocycles. The molecule has 104 valence electrons. The van der Waals surface area contributed by atoms with Crippen LogP contribution in [0.25, 0.3) is 0 Å². The normalized spacial score (nSPS) is 13.8. The Kier molecular flexibility index (Phi) is 9.78. The van der Waals surface area contributed by atoms with Crippen molar-refractivity contribution in [3.05, 3.63) is 0 Å². The van der Waals surface area contributed by atoms with Gasteiger partial charge in [0.15, 0.2) is 0 Å². The van der Waals surface area contributed by atoms with E-state index in [1.807, 2.05) is 6.92 Å². The summed E-state index contributed by atoms with van der Waals surface area (Å²) < 4.78 is 26.3. The topological polar surface area (TPSA) is 58.2 Å². The second kappa shape index (κ2) is 9.85. The Bertz CT molecular complexity index is 266. The highest BCUT2D eigenvalue weighted by Gasteiger charge is 2.15. The Morgan fingerprint density at radius 1 is 1.12 bits per heavy atom. The van der Waals surface area contributed by atoms with Gasteiger partial charge in [-0.1, -0.05) is 27.2 Å². The molecule has 0 bridgehead atoms. The van der Waals surface area contributed by atoms with Gasteiger partial charge in [0.05, 0.1) is 5.75 Å². The predicted molar refractivity (Wildman–Crippen MR) is 73.7 cm³/mol. The summed E-state index contributed by atoms with van der Waals surface area (Å²) in [4.78, 5) is 0. The minimum absolute atomic E-state index is 0.110. The lowest BCUT2D eigenvalue weighted by Crippen LogP contribution is -2.36.